The highest BCUT2D eigenvalue weighted by molar-refractivity contribution is 5.65. The first-order valence-corrected chi connectivity index (χ1v) is 6.66. The Labute approximate surface area is 114 Å². The van der Waals surface area contributed by atoms with Crippen LogP contribution in [0.2, 0.25) is 0 Å². The van der Waals surface area contributed by atoms with E-state index in [0.29, 0.717) is 19.4 Å². The fourth-order valence-corrected chi connectivity index (χ4v) is 2.01. The predicted molar refractivity (Wildman–Crippen MR) is 74.9 cm³/mol. The molecule has 0 saturated carbocycles. The molecule has 2 unspecified atom stereocenters. The Hall–Kier alpha value is -1.39. The van der Waals surface area contributed by atoms with E-state index in [1.54, 1.807) is 0 Å². The lowest BCUT2D eigenvalue weighted by Gasteiger charge is -2.22. The molecular formula is C15H23NO3. The molecule has 2 atom stereocenters. The molecular weight excluding hydrogens is 242 g/mol. The first-order valence-electron chi connectivity index (χ1n) is 6.66. The number of carbonyl (C=O) groups is 1. The number of carbonyl (C=O) groups excluding carboxylic acids is 1. The van der Waals surface area contributed by atoms with Gasteiger partial charge in [-0.25, -0.2) is 0 Å². The van der Waals surface area contributed by atoms with Crippen LogP contribution in [-0.2, 0) is 16.0 Å². The molecule has 1 aromatic carbocycles. The third kappa shape index (κ3) is 6.36. The van der Waals surface area contributed by atoms with Crippen LogP contribution in [-0.4, -0.2) is 36.9 Å². The Kier molecular flexibility index (Phi) is 7.15. The average Bonchev–Trinajstić information content (AvgIpc) is 2.41. The fourth-order valence-electron chi connectivity index (χ4n) is 2.01. The third-order valence-corrected chi connectivity index (χ3v) is 3.08. The van der Waals surface area contributed by atoms with Crippen LogP contribution in [0.1, 0.15) is 25.3 Å². The van der Waals surface area contributed by atoms with Gasteiger partial charge in [-0.3, -0.25) is 4.79 Å². The zero-order valence-corrected chi connectivity index (χ0v) is 11.6. The number of nitrogens with one attached hydrogen (secondary N) is 1. The van der Waals surface area contributed by atoms with Gasteiger partial charge in [-0.05, 0) is 31.9 Å². The van der Waals surface area contributed by atoms with Crippen LogP contribution in [0.25, 0.3) is 0 Å². The number of hydrogen-bond acceptors (Lipinski definition) is 4. The molecule has 1 aromatic rings. The van der Waals surface area contributed by atoms with Crippen molar-refractivity contribution in [2.45, 2.75) is 38.3 Å². The Bertz CT molecular complexity index is 367. The van der Waals surface area contributed by atoms with Crippen molar-refractivity contribution in [3.05, 3.63) is 35.9 Å². The minimum Gasteiger partial charge on any atom is -0.466 e. The van der Waals surface area contributed by atoms with Crippen molar-refractivity contribution in [1.82, 2.24) is 5.32 Å². The van der Waals surface area contributed by atoms with Gasteiger partial charge in [0.1, 0.15) is 0 Å². The fraction of sp³-hybridized carbons (Fsp3) is 0.533. The van der Waals surface area contributed by atoms with E-state index in [1.165, 1.54) is 12.5 Å². The molecule has 106 valence electrons. The van der Waals surface area contributed by atoms with Crippen LogP contribution in [0.15, 0.2) is 30.3 Å². The molecule has 0 amide bonds. The Morgan fingerprint density at radius 3 is 2.63 bits per heavy atom. The van der Waals surface area contributed by atoms with Gasteiger partial charge in [-0.1, -0.05) is 30.3 Å². The minimum atomic E-state index is -0.444. The normalized spacial score (nSPS) is 13.8. The average molecular weight is 265 g/mol. The molecule has 1 rings (SSSR count). The summed E-state index contributed by atoms with van der Waals surface area (Å²) in [6.07, 6.45) is 1.63. The molecule has 0 bridgehead atoms. The molecule has 0 radical (unpaired) electrons. The molecule has 0 spiro atoms. The zero-order valence-electron chi connectivity index (χ0n) is 11.6. The van der Waals surface area contributed by atoms with Gasteiger partial charge in [0.05, 0.1) is 12.7 Å². The molecule has 0 aliphatic carbocycles. The van der Waals surface area contributed by atoms with E-state index in [1.807, 2.05) is 25.2 Å². The number of rotatable bonds is 8. The van der Waals surface area contributed by atoms with Crippen molar-refractivity contribution in [3.8, 4) is 0 Å². The summed E-state index contributed by atoms with van der Waals surface area (Å²) < 4.78 is 4.85. The second-order valence-electron chi connectivity index (χ2n) is 4.63. The lowest BCUT2D eigenvalue weighted by atomic mass is 9.98. The summed E-state index contributed by atoms with van der Waals surface area (Å²) in [5.74, 6) is -0.274. The maximum Gasteiger partial charge on any atom is 0.302 e. The van der Waals surface area contributed by atoms with Crippen LogP contribution in [0.4, 0.5) is 0 Å². The number of aliphatic hydroxyl groups excluding tert-OH is 1. The summed E-state index contributed by atoms with van der Waals surface area (Å²) in [6, 6.07) is 10.1. The second-order valence-corrected chi connectivity index (χ2v) is 4.63. The molecule has 0 saturated heterocycles. The molecule has 2 N–H and O–H groups in total. The van der Waals surface area contributed by atoms with Gasteiger partial charge in [-0.15, -0.1) is 0 Å². The summed E-state index contributed by atoms with van der Waals surface area (Å²) in [5, 5.41) is 13.3. The van der Waals surface area contributed by atoms with E-state index in [2.05, 4.69) is 17.4 Å². The lowest BCUT2D eigenvalue weighted by molar-refractivity contribution is -0.141. The van der Waals surface area contributed by atoms with Crippen LogP contribution in [0.5, 0.6) is 0 Å². The maximum absolute atomic E-state index is 10.6. The second kappa shape index (κ2) is 8.67. The van der Waals surface area contributed by atoms with Gasteiger partial charge in [0.15, 0.2) is 0 Å². The monoisotopic (exact) mass is 265 g/mol. The maximum atomic E-state index is 10.6. The van der Waals surface area contributed by atoms with E-state index < -0.39 is 6.10 Å². The molecule has 0 aromatic heterocycles. The SMILES string of the molecule is CNC(Cc1ccccc1)C(O)CCCOC(C)=O. The highest BCUT2D eigenvalue weighted by atomic mass is 16.5. The van der Waals surface area contributed by atoms with Crippen molar-refractivity contribution >= 4 is 5.97 Å². The topological polar surface area (TPSA) is 58.6 Å². The van der Waals surface area contributed by atoms with Gasteiger partial charge < -0.3 is 15.2 Å². The van der Waals surface area contributed by atoms with Crippen molar-refractivity contribution in [1.29, 1.82) is 0 Å². The van der Waals surface area contributed by atoms with E-state index in [9.17, 15) is 9.90 Å². The number of likely N-dealkylation sites (N-methyl/N-ethyl adjacent to an activating group) is 1. The number of aliphatic hydroxyl groups is 1. The van der Waals surface area contributed by atoms with Gasteiger partial charge in [0.25, 0.3) is 0 Å². The van der Waals surface area contributed by atoms with Crippen LogP contribution >= 0.6 is 0 Å². The molecule has 4 heteroatoms. The number of benzene rings is 1. The molecule has 0 fully saturated rings. The van der Waals surface area contributed by atoms with Crippen LogP contribution < -0.4 is 5.32 Å². The van der Waals surface area contributed by atoms with Crippen molar-refractivity contribution < 1.29 is 14.6 Å². The third-order valence-electron chi connectivity index (χ3n) is 3.08. The summed E-state index contributed by atoms with van der Waals surface area (Å²) in [5.41, 5.74) is 1.20. The summed E-state index contributed by atoms with van der Waals surface area (Å²) >= 11 is 0. The molecule has 0 heterocycles. The Balaban J connectivity index is 2.35. The molecule has 0 aliphatic heterocycles. The number of esters is 1. The largest absolute Gasteiger partial charge is 0.466 e. The van der Waals surface area contributed by atoms with Gasteiger partial charge >= 0.3 is 5.97 Å². The quantitative estimate of drug-likeness (QED) is 0.553. The summed E-state index contributed by atoms with van der Waals surface area (Å²) in [7, 11) is 1.85. The lowest BCUT2D eigenvalue weighted by Crippen LogP contribution is -2.39. The molecule has 19 heavy (non-hydrogen) atoms. The van der Waals surface area contributed by atoms with Crippen LogP contribution in [0, 0.1) is 0 Å². The van der Waals surface area contributed by atoms with Crippen molar-refractivity contribution in [2.24, 2.45) is 0 Å². The van der Waals surface area contributed by atoms with Gasteiger partial charge in [0, 0.05) is 13.0 Å². The standard InChI is InChI=1S/C15H23NO3/c1-12(17)19-10-6-9-15(18)14(16-2)11-13-7-4-3-5-8-13/h3-5,7-8,14-16,18H,6,9-11H2,1-2H3. The minimum absolute atomic E-state index is 0.0136. The number of ether oxygens (including phenoxy) is 1. The Morgan fingerprint density at radius 1 is 1.37 bits per heavy atom. The van der Waals surface area contributed by atoms with Crippen LogP contribution in [0.3, 0.4) is 0 Å². The summed E-state index contributed by atoms with van der Waals surface area (Å²) in [6.45, 7) is 1.76. The molecule has 4 nitrogen and oxygen atoms in total. The van der Waals surface area contributed by atoms with Gasteiger partial charge in [0.2, 0.25) is 0 Å². The van der Waals surface area contributed by atoms with E-state index in [-0.39, 0.29) is 12.0 Å². The van der Waals surface area contributed by atoms with Gasteiger partial charge in [-0.2, -0.15) is 0 Å². The molecule has 0 aliphatic rings. The predicted octanol–water partition coefficient (Wildman–Crippen LogP) is 1.52. The highest BCUT2D eigenvalue weighted by Gasteiger charge is 2.17. The first-order chi connectivity index (χ1) is 9.13. The summed E-state index contributed by atoms with van der Waals surface area (Å²) in [4.78, 5) is 10.6. The number of hydrogen-bond donors (Lipinski definition) is 2. The Morgan fingerprint density at radius 2 is 2.05 bits per heavy atom. The highest BCUT2D eigenvalue weighted by Crippen LogP contribution is 2.10. The van der Waals surface area contributed by atoms with E-state index in [0.717, 1.165) is 6.42 Å². The van der Waals surface area contributed by atoms with Crippen molar-refractivity contribution in [3.63, 3.8) is 0 Å². The first kappa shape index (κ1) is 15.7. The van der Waals surface area contributed by atoms with Crippen molar-refractivity contribution in [2.75, 3.05) is 13.7 Å². The smallest absolute Gasteiger partial charge is 0.302 e. The van der Waals surface area contributed by atoms with E-state index in [4.69, 9.17) is 4.74 Å². The zero-order chi connectivity index (χ0) is 14.1. The van der Waals surface area contributed by atoms with E-state index >= 15 is 0 Å².